The number of carbonyl (C=O) groups is 1. The molecule has 2 heterocycles. The maximum atomic E-state index is 12.0. The Hall–Kier alpha value is -2.24. The molecule has 0 saturated heterocycles. The lowest BCUT2D eigenvalue weighted by molar-refractivity contribution is 0.0988. The molecule has 1 aliphatic carbocycles. The van der Waals surface area contributed by atoms with Gasteiger partial charge in [0.15, 0.2) is 0 Å². The molecule has 0 aromatic carbocycles. The Kier molecular flexibility index (Phi) is 3.22. The normalized spacial score (nSPS) is 14.6. The van der Waals surface area contributed by atoms with Crippen molar-refractivity contribution in [2.45, 2.75) is 38.5 Å². The number of hydrogen-bond acceptors (Lipinski definition) is 5. The summed E-state index contributed by atoms with van der Waals surface area (Å²) in [5.74, 6) is 0.859. The highest BCUT2D eigenvalue weighted by Gasteiger charge is 2.30. The predicted octanol–water partition coefficient (Wildman–Crippen LogP) is 2.72. The molecule has 1 N–H and O–H groups in total. The van der Waals surface area contributed by atoms with E-state index < -0.39 is 5.91 Å². The second-order valence-corrected chi connectivity index (χ2v) is 5.34. The van der Waals surface area contributed by atoms with Crippen LogP contribution in [0.15, 0.2) is 22.9 Å². The molecular formula is C14H16N4O2. The smallest absolute Gasteiger partial charge is 0.313 e. The molecule has 1 amide bonds. The minimum atomic E-state index is -0.396. The van der Waals surface area contributed by atoms with Crippen LogP contribution in [0.25, 0.3) is 0 Å². The van der Waals surface area contributed by atoms with E-state index in [1.54, 1.807) is 12.4 Å². The summed E-state index contributed by atoms with van der Waals surface area (Å²) >= 11 is 0. The molecule has 0 atom stereocenters. The number of nitrogens with zero attached hydrogens (tertiary/aromatic N) is 3. The van der Waals surface area contributed by atoms with Gasteiger partial charge in [0, 0.05) is 12.1 Å². The zero-order valence-corrected chi connectivity index (χ0v) is 11.5. The highest BCUT2D eigenvalue weighted by atomic mass is 16.4. The maximum Gasteiger partial charge on any atom is 0.313 e. The molecule has 2 aromatic heterocycles. The molecule has 20 heavy (non-hydrogen) atoms. The first-order valence-corrected chi connectivity index (χ1v) is 6.73. The van der Waals surface area contributed by atoms with E-state index in [9.17, 15) is 4.79 Å². The van der Waals surface area contributed by atoms with Gasteiger partial charge in [-0.3, -0.25) is 9.78 Å². The van der Waals surface area contributed by atoms with E-state index in [0.717, 1.165) is 18.4 Å². The van der Waals surface area contributed by atoms with Crippen molar-refractivity contribution in [3.8, 4) is 0 Å². The van der Waals surface area contributed by atoms with Gasteiger partial charge >= 0.3 is 11.8 Å². The Bertz CT molecular complexity index is 632. The average molecular weight is 272 g/mol. The summed E-state index contributed by atoms with van der Waals surface area (Å²) in [6, 6.07) is 1.90. The van der Waals surface area contributed by atoms with Crippen molar-refractivity contribution in [1.29, 1.82) is 0 Å². The summed E-state index contributed by atoms with van der Waals surface area (Å²) in [4.78, 5) is 16.1. The highest BCUT2D eigenvalue weighted by molar-refractivity contribution is 6.00. The molecule has 6 heteroatoms. The van der Waals surface area contributed by atoms with Crippen LogP contribution in [-0.4, -0.2) is 21.1 Å². The van der Waals surface area contributed by atoms with Crippen molar-refractivity contribution < 1.29 is 9.21 Å². The van der Waals surface area contributed by atoms with E-state index in [1.807, 2.05) is 6.07 Å². The molecule has 3 rings (SSSR count). The number of anilines is 1. The molecule has 0 unspecified atom stereocenters. The van der Waals surface area contributed by atoms with Crippen LogP contribution in [0.4, 0.5) is 5.69 Å². The Morgan fingerprint density at radius 1 is 1.35 bits per heavy atom. The Morgan fingerprint density at radius 3 is 2.85 bits per heavy atom. The van der Waals surface area contributed by atoms with E-state index in [-0.39, 0.29) is 5.89 Å². The lowest BCUT2D eigenvalue weighted by atomic mass is 10.1. The van der Waals surface area contributed by atoms with Gasteiger partial charge in [-0.05, 0) is 30.4 Å². The molecule has 0 aliphatic heterocycles. The minimum Gasteiger partial charge on any atom is -0.417 e. The lowest BCUT2D eigenvalue weighted by Gasteiger charge is -2.07. The molecule has 0 radical (unpaired) electrons. The third kappa shape index (κ3) is 2.68. The number of pyridine rings is 1. The van der Waals surface area contributed by atoms with Gasteiger partial charge in [0.2, 0.25) is 5.89 Å². The molecule has 0 spiro atoms. The van der Waals surface area contributed by atoms with Gasteiger partial charge in [-0.2, -0.15) is 0 Å². The molecule has 6 nitrogen and oxygen atoms in total. The minimum absolute atomic E-state index is 0.00171. The summed E-state index contributed by atoms with van der Waals surface area (Å²) in [5.41, 5.74) is 1.69. The molecular weight excluding hydrogens is 256 g/mol. The Morgan fingerprint density at radius 2 is 2.15 bits per heavy atom. The van der Waals surface area contributed by atoms with E-state index in [4.69, 9.17) is 4.42 Å². The van der Waals surface area contributed by atoms with Crippen molar-refractivity contribution in [2.75, 3.05) is 5.32 Å². The molecule has 1 saturated carbocycles. The number of aromatic nitrogens is 3. The molecule has 2 aromatic rings. The van der Waals surface area contributed by atoms with Gasteiger partial charge in [0.1, 0.15) is 0 Å². The summed E-state index contributed by atoms with van der Waals surface area (Å²) in [7, 11) is 0. The second kappa shape index (κ2) is 5.03. The van der Waals surface area contributed by atoms with Crippen molar-refractivity contribution in [3.63, 3.8) is 0 Å². The summed E-state index contributed by atoms with van der Waals surface area (Å²) in [6.45, 7) is 4.14. The van der Waals surface area contributed by atoms with Crippen LogP contribution >= 0.6 is 0 Å². The summed E-state index contributed by atoms with van der Waals surface area (Å²) in [6.07, 6.45) is 5.51. The highest BCUT2D eigenvalue weighted by Crippen LogP contribution is 2.39. The van der Waals surface area contributed by atoms with Gasteiger partial charge in [-0.1, -0.05) is 13.8 Å². The summed E-state index contributed by atoms with van der Waals surface area (Å²) < 4.78 is 5.36. The monoisotopic (exact) mass is 272 g/mol. The fourth-order valence-electron chi connectivity index (χ4n) is 1.85. The number of nitrogens with one attached hydrogen (secondary N) is 1. The summed E-state index contributed by atoms with van der Waals surface area (Å²) in [5, 5.41) is 10.4. The first kappa shape index (κ1) is 12.8. The van der Waals surface area contributed by atoms with Crippen molar-refractivity contribution in [1.82, 2.24) is 15.2 Å². The first-order valence-electron chi connectivity index (χ1n) is 6.73. The van der Waals surface area contributed by atoms with Crippen LogP contribution in [0.5, 0.6) is 0 Å². The van der Waals surface area contributed by atoms with Crippen LogP contribution in [0.2, 0.25) is 0 Å². The number of carbonyl (C=O) groups excluding carboxylic acids is 1. The van der Waals surface area contributed by atoms with Crippen molar-refractivity contribution in [3.05, 3.63) is 35.8 Å². The fourth-order valence-corrected chi connectivity index (χ4v) is 1.85. The topological polar surface area (TPSA) is 80.9 Å². The third-order valence-electron chi connectivity index (χ3n) is 3.25. The van der Waals surface area contributed by atoms with E-state index in [0.29, 0.717) is 23.4 Å². The molecule has 1 aliphatic rings. The number of rotatable bonds is 4. The Labute approximate surface area is 116 Å². The standard InChI is InChI=1S/C14H16N4O2/c1-8(2)10-5-11(7-15-6-10)16-12(19)14-18-17-13(20-14)9-3-4-9/h5-9H,3-4H2,1-2H3,(H,16,19). The molecule has 0 bridgehead atoms. The first-order chi connectivity index (χ1) is 9.63. The fraction of sp³-hybridized carbons (Fsp3) is 0.429. The Balaban J connectivity index is 1.72. The van der Waals surface area contributed by atoms with Gasteiger partial charge < -0.3 is 9.73 Å². The predicted molar refractivity (Wildman–Crippen MR) is 72.6 cm³/mol. The van der Waals surface area contributed by atoms with Crippen molar-refractivity contribution in [2.24, 2.45) is 0 Å². The quantitative estimate of drug-likeness (QED) is 0.925. The largest absolute Gasteiger partial charge is 0.417 e. The van der Waals surface area contributed by atoms with E-state index in [2.05, 4.69) is 34.3 Å². The van der Waals surface area contributed by atoms with E-state index >= 15 is 0 Å². The van der Waals surface area contributed by atoms with Gasteiger partial charge in [-0.15, -0.1) is 10.2 Å². The van der Waals surface area contributed by atoms with Crippen LogP contribution in [-0.2, 0) is 0 Å². The third-order valence-corrected chi connectivity index (χ3v) is 3.25. The molecule has 1 fully saturated rings. The van der Waals surface area contributed by atoms with Gasteiger partial charge in [-0.25, -0.2) is 0 Å². The zero-order valence-electron chi connectivity index (χ0n) is 11.5. The number of hydrogen-bond donors (Lipinski definition) is 1. The number of amides is 1. The molecule has 104 valence electrons. The average Bonchev–Trinajstić information content (AvgIpc) is 3.16. The van der Waals surface area contributed by atoms with Gasteiger partial charge in [0.25, 0.3) is 0 Å². The van der Waals surface area contributed by atoms with Crippen LogP contribution < -0.4 is 5.32 Å². The van der Waals surface area contributed by atoms with Crippen molar-refractivity contribution >= 4 is 11.6 Å². The zero-order chi connectivity index (χ0) is 14.1. The van der Waals surface area contributed by atoms with Crippen LogP contribution in [0.1, 0.15) is 60.7 Å². The maximum absolute atomic E-state index is 12.0. The second-order valence-electron chi connectivity index (χ2n) is 5.34. The lowest BCUT2D eigenvalue weighted by Crippen LogP contribution is -2.12. The van der Waals surface area contributed by atoms with Crippen LogP contribution in [0, 0.1) is 0 Å². The SMILES string of the molecule is CC(C)c1cncc(NC(=O)c2nnc(C3CC3)o2)c1. The van der Waals surface area contributed by atoms with Crippen LogP contribution in [0.3, 0.4) is 0 Å². The van der Waals surface area contributed by atoms with Gasteiger partial charge in [0.05, 0.1) is 11.9 Å². The van der Waals surface area contributed by atoms with E-state index in [1.165, 1.54) is 0 Å².